The number of benzene rings is 1. The number of nitrogens with two attached hydrogens (primary N) is 1. The molecule has 1 aliphatic rings. The molecule has 2 unspecified atom stereocenters. The number of anilines is 1. The molecule has 0 aliphatic carbocycles. The second-order valence-corrected chi connectivity index (χ2v) is 5.22. The molecule has 1 aromatic rings. The minimum atomic E-state index is -0.0584. The Kier molecular flexibility index (Phi) is 5.64. The van der Waals surface area contributed by atoms with Gasteiger partial charge in [0.2, 0.25) is 0 Å². The smallest absolute Gasteiger partial charge is 0.142 e. The molecule has 0 radical (unpaired) electrons. The van der Waals surface area contributed by atoms with Crippen molar-refractivity contribution >= 4 is 5.69 Å². The minimum Gasteiger partial charge on any atom is -0.491 e. The van der Waals surface area contributed by atoms with Crippen molar-refractivity contribution in [1.29, 1.82) is 0 Å². The van der Waals surface area contributed by atoms with Gasteiger partial charge in [0.05, 0.1) is 31.6 Å². The van der Waals surface area contributed by atoms with Crippen molar-refractivity contribution in [1.82, 2.24) is 4.90 Å². The molecule has 0 bridgehead atoms. The summed E-state index contributed by atoms with van der Waals surface area (Å²) < 4.78 is 11.2. The molecule has 20 heavy (non-hydrogen) atoms. The van der Waals surface area contributed by atoms with Gasteiger partial charge in [0, 0.05) is 19.1 Å². The summed E-state index contributed by atoms with van der Waals surface area (Å²) >= 11 is 0. The van der Waals surface area contributed by atoms with Crippen LogP contribution in [0, 0.1) is 0 Å². The predicted octanol–water partition coefficient (Wildman–Crippen LogP) is 1.12. The summed E-state index contributed by atoms with van der Waals surface area (Å²) in [5.74, 6) is 0.746. The maximum absolute atomic E-state index is 9.16. The molecular weight excluding hydrogens is 256 g/mol. The van der Waals surface area contributed by atoms with E-state index in [1.54, 1.807) is 0 Å². The van der Waals surface area contributed by atoms with E-state index in [9.17, 15) is 0 Å². The number of morpholine rings is 1. The number of hydrogen-bond acceptors (Lipinski definition) is 5. The number of aliphatic hydroxyl groups excluding tert-OH is 1. The van der Waals surface area contributed by atoms with Gasteiger partial charge in [-0.15, -0.1) is 0 Å². The van der Waals surface area contributed by atoms with Gasteiger partial charge < -0.3 is 20.3 Å². The number of nitrogens with zero attached hydrogens (tertiary/aromatic N) is 1. The third-order valence-electron chi connectivity index (χ3n) is 3.60. The Labute approximate surface area is 120 Å². The van der Waals surface area contributed by atoms with Gasteiger partial charge >= 0.3 is 0 Å². The van der Waals surface area contributed by atoms with Gasteiger partial charge in [-0.3, -0.25) is 4.90 Å². The van der Waals surface area contributed by atoms with E-state index in [1.807, 2.05) is 24.3 Å². The molecule has 3 N–H and O–H groups in total. The Hall–Kier alpha value is -1.30. The van der Waals surface area contributed by atoms with Crippen molar-refractivity contribution in [3.05, 3.63) is 24.3 Å². The van der Waals surface area contributed by atoms with E-state index in [0.29, 0.717) is 24.9 Å². The molecule has 0 saturated carbocycles. The number of nitrogen functional groups attached to an aromatic ring is 1. The summed E-state index contributed by atoms with van der Waals surface area (Å²) in [6.45, 7) is 5.27. The summed E-state index contributed by atoms with van der Waals surface area (Å²) in [7, 11) is 0. The van der Waals surface area contributed by atoms with Crippen LogP contribution in [0.5, 0.6) is 5.75 Å². The lowest BCUT2D eigenvalue weighted by molar-refractivity contribution is -0.0784. The highest BCUT2D eigenvalue weighted by Gasteiger charge is 2.24. The number of para-hydroxylation sites is 2. The van der Waals surface area contributed by atoms with E-state index < -0.39 is 0 Å². The quantitative estimate of drug-likeness (QED) is 0.604. The number of ether oxygens (including phenoxy) is 2. The third kappa shape index (κ3) is 4.10. The first-order chi connectivity index (χ1) is 9.70. The van der Waals surface area contributed by atoms with Crippen LogP contribution in [0.1, 0.15) is 13.3 Å². The average Bonchev–Trinajstić information content (AvgIpc) is 2.47. The topological polar surface area (TPSA) is 68.0 Å². The Bertz CT molecular complexity index is 414. The molecule has 5 heteroatoms. The second kappa shape index (κ2) is 7.47. The third-order valence-corrected chi connectivity index (χ3v) is 3.60. The maximum atomic E-state index is 9.16. The molecule has 1 heterocycles. The van der Waals surface area contributed by atoms with Crippen LogP contribution in [0.15, 0.2) is 24.3 Å². The average molecular weight is 280 g/mol. The van der Waals surface area contributed by atoms with Gasteiger partial charge in [-0.2, -0.15) is 0 Å². The van der Waals surface area contributed by atoms with E-state index in [4.69, 9.17) is 20.3 Å². The van der Waals surface area contributed by atoms with Gasteiger partial charge in [0.25, 0.3) is 0 Å². The van der Waals surface area contributed by atoms with E-state index in [-0.39, 0.29) is 12.7 Å². The summed E-state index contributed by atoms with van der Waals surface area (Å²) in [5, 5.41) is 9.16. The molecule has 1 aromatic carbocycles. The SMILES string of the molecule is CC1COC(CO)CN1CCCOc1ccccc1N. The van der Waals surface area contributed by atoms with E-state index in [1.165, 1.54) is 0 Å². The molecule has 5 nitrogen and oxygen atoms in total. The van der Waals surface area contributed by atoms with E-state index in [2.05, 4.69) is 11.8 Å². The van der Waals surface area contributed by atoms with Crippen molar-refractivity contribution in [2.75, 3.05) is 38.6 Å². The highest BCUT2D eigenvalue weighted by molar-refractivity contribution is 5.51. The zero-order valence-corrected chi connectivity index (χ0v) is 12.0. The highest BCUT2D eigenvalue weighted by Crippen LogP contribution is 2.20. The summed E-state index contributed by atoms with van der Waals surface area (Å²) in [4.78, 5) is 2.34. The zero-order valence-electron chi connectivity index (χ0n) is 12.0. The Balaban J connectivity index is 1.71. The van der Waals surface area contributed by atoms with Crippen LogP contribution in [0.2, 0.25) is 0 Å². The van der Waals surface area contributed by atoms with Crippen LogP contribution >= 0.6 is 0 Å². The van der Waals surface area contributed by atoms with E-state index >= 15 is 0 Å². The van der Waals surface area contributed by atoms with E-state index in [0.717, 1.165) is 25.3 Å². The van der Waals surface area contributed by atoms with Crippen LogP contribution in [0.4, 0.5) is 5.69 Å². The highest BCUT2D eigenvalue weighted by atomic mass is 16.5. The van der Waals surface area contributed by atoms with Crippen molar-refractivity contribution < 1.29 is 14.6 Å². The van der Waals surface area contributed by atoms with Crippen LogP contribution < -0.4 is 10.5 Å². The van der Waals surface area contributed by atoms with Crippen LogP contribution in [-0.2, 0) is 4.74 Å². The first-order valence-electron chi connectivity index (χ1n) is 7.14. The molecule has 2 rings (SSSR count). The minimum absolute atomic E-state index is 0.0584. The van der Waals surface area contributed by atoms with Crippen molar-refractivity contribution in [3.8, 4) is 5.75 Å². The molecule has 0 amide bonds. The first-order valence-corrected chi connectivity index (χ1v) is 7.14. The molecule has 0 spiro atoms. The monoisotopic (exact) mass is 280 g/mol. The fourth-order valence-corrected chi connectivity index (χ4v) is 2.36. The summed E-state index contributed by atoms with van der Waals surface area (Å²) in [6.07, 6.45) is 0.869. The molecular formula is C15H24N2O3. The van der Waals surface area contributed by atoms with Crippen LogP contribution in [-0.4, -0.2) is 55.1 Å². The fraction of sp³-hybridized carbons (Fsp3) is 0.600. The van der Waals surface area contributed by atoms with Gasteiger partial charge in [0.15, 0.2) is 0 Å². The number of aliphatic hydroxyl groups is 1. The lowest BCUT2D eigenvalue weighted by Gasteiger charge is -2.37. The first kappa shape index (κ1) is 15.1. The van der Waals surface area contributed by atoms with Crippen molar-refractivity contribution in [2.24, 2.45) is 0 Å². The second-order valence-electron chi connectivity index (χ2n) is 5.22. The molecule has 0 aromatic heterocycles. The predicted molar refractivity (Wildman–Crippen MR) is 78.8 cm³/mol. The largest absolute Gasteiger partial charge is 0.491 e. The zero-order chi connectivity index (χ0) is 14.4. The van der Waals surface area contributed by atoms with Gasteiger partial charge in [-0.05, 0) is 25.5 Å². The molecule has 2 atom stereocenters. The summed E-state index contributed by atoms with van der Waals surface area (Å²) in [5.41, 5.74) is 6.50. The standard InChI is InChI=1S/C15H24N2O3/c1-12-11-20-13(10-18)9-17(12)7-4-8-19-15-6-3-2-5-14(15)16/h2-3,5-6,12-13,18H,4,7-11,16H2,1H3. The normalized spacial score (nSPS) is 23.7. The van der Waals surface area contributed by atoms with Crippen molar-refractivity contribution in [2.45, 2.75) is 25.5 Å². The van der Waals surface area contributed by atoms with Gasteiger partial charge in [-0.1, -0.05) is 12.1 Å². The van der Waals surface area contributed by atoms with Crippen molar-refractivity contribution in [3.63, 3.8) is 0 Å². The van der Waals surface area contributed by atoms with Crippen LogP contribution in [0.25, 0.3) is 0 Å². The van der Waals surface area contributed by atoms with Gasteiger partial charge in [0.1, 0.15) is 5.75 Å². The number of hydrogen-bond donors (Lipinski definition) is 2. The number of rotatable bonds is 6. The van der Waals surface area contributed by atoms with Gasteiger partial charge in [-0.25, -0.2) is 0 Å². The Morgan fingerprint density at radius 1 is 1.45 bits per heavy atom. The fourth-order valence-electron chi connectivity index (χ4n) is 2.36. The lowest BCUT2D eigenvalue weighted by atomic mass is 10.2. The summed E-state index contributed by atoms with van der Waals surface area (Å²) in [6, 6.07) is 7.92. The Morgan fingerprint density at radius 2 is 2.25 bits per heavy atom. The molecule has 1 fully saturated rings. The molecule has 112 valence electrons. The maximum Gasteiger partial charge on any atom is 0.142 e. The Morgan fingerprint density at radius 3 is 3.00 bits per heavy atom. The molecule has 1 saturated heterocycles. The van der Waals surface area contributed by atoms with Crippen LogP contribution in [0.3, 0.4) is 0 Å². The molecule has 1 aliphatic heterocycles. The lowest BCUT2D eigenvalue weighted by Crippen LogP contribution is -2.49.